The third kappa shape index (κ3) is 1.99. The number of fused-ring (bicyclic) bond motifs is 2. The van der Waals surface area contributed by atoms with E-state index in [1.165, 1.54) is 0 Å². The highest BCUT2D eigenvalue weighted by Crippen LogP contribution is 2.16. The molecular weight excluding hydrogens is 280 g/mol. The van der Waals surface area contributed by atoms with Crippen LogP contribution in [0.2, 0.25) is 0 Å². The summed E-state index contributed by atoms with van der Waals surface area (Å²) in [5, 5.41) is 7.03. The van der Waals surface area contributed by atoms with Gasteiger partial charge in [-0.2, -0.15) is 5.10 Å². The Labute approximate surface area is 125 Å². The van der Waals surface area contributed by atoms with Gasteiger partial charge in [0, 0.05) is 31.0 Å². The van der Waals surface area contributed by atoms with Crippen molar-refractivity contribution in [3.8, 4) is 0 Å². The van der Waals surface area contributed by atoms with Crippen molar-refractivity contribution in [2.75, 3.05) is 5.32 Å². The molecule has 4 aromatic rings. The lowest BCUT2D eigenvalue weighted by molar-refractivity contribution is 0.102. The molecular formula is C15H12N6O. The fourth-order valence-corrected chi connectivity index (χ4v) is 2.31. The largest absolute Gasteiger partial charge is 0.317 e. The van der Waals surface area contributed by atoms with Crippen LogP contribution in [0.5, 0.6) is 0 Å². The van der Waals surface area contributed by atoms with E-state index in [4.69, 9.17) is 0 Å². The predicted octanol–water partition coefficient (Wildman–Crippen LogP) is 1.94. The molecule has 4 rings (SSSR count). The molecule has 4 aromatic heterocycles. The summed E-state index contributed by atoms with van der Waals surface area (Å²) in [7, 11) is 0. The minimum atomic E-state index is -0.215. The third-order valence-electron chi connectivity index (χ3n) is 3.38. The van der Waals surface area contributed by atoms with E-state index in [0.29, 0.717) is 16.9 Å². The summed E-state index contributed by atoms with van der Waals surface area (Å²) in [6.07, 6.45) is 10.4. The summed E-state index contributed by atoms with van der Waals surface area (Å²) in [6, 6.07) is 3.54. The van der Waals surface area contributed by atoms with E-state index in [2.05, 4.69) is 20.4 Å². The first-order chi connectivity index (χ1) is 10.7. The van der Waals surface area contributed by atoms with E-state index in [9.17, 15) is 4.79 Å². The molecule has 0 aliphatic rings. The van der Waals surface area contributed by atoms with Gasteiger partial charge >= 0.3 is 0 Å². The van der Waals surface area contributed by atoms with Crippen LogP contribution in [0, 0.1) is 6.92 Å². The average Bonchev–Trinajstić information content (AvgIpc) is 3.13. The van der Waals surface area contributed by atoms with Gasteiger partial charge in [-0.05, 0) is 24.6 Å². The number of nitrogens with zero attached hydrogens (tertiary/aromatic N) is 5. The Kier molecular flexibility index (Phi) is 2.65. The molecule has 1 amide bonds. The van der Waals surface area contributed by atoms with E-state index in [1.54, 1.807) is 52.0 Å². The van der Waals surface area contributed by atoms with Crippen molar-refractivity contribution in [3.05, 3.63) is 60.4 Å². The zero-order valence-corrected chi connectivity index (χ0v) is 11.8. The van der Waals surface area contributed by atoms with Crippen molar-refractivity contribution < 1.29 is 4.79 Å². The van der Waals surface area contributed by atoms with Crippen molar-refractivity contribution >= 4 is 22.9 Å². The lowest BCUT2D eigenvalue weighted by Crippen LogP contribution is -2.12. The minimum absolute atomic E-state index is 0.215. The van der Waals surface area contributed by atoms with Crippen molar-refractivity contribution in [1.82, 2.24) is 24.0 Å². The maximum Gasteiger partial charge on any atom is 0.257 e. The SMILES string of the molecule is Cc1cnc2c(NC(=O)c3ccc4nccn4c3)cnn2c1. The van der Waals surface area contributed by atoms with Gasteiger partial charge in [0.2, 0.25) is 0 Å². The zero-order chi connectivity index (χ0) is 15.1. The molecule has 0 aromatic carbocycles. The van der Waals surface area contributed by atoms with Crippen LogP contribution in [0.25, 0.3) is 11.3 Å². The number of carbonyl (C=O) groups excluding carboxylic acids is 1. The van der Waals surface area contributed by atoms with Crippen LogP contribution in [-0.4, -0.2) is 29.9 Å². The molecule has 0 fully saturated rings. The van der Waals surface area contributed by atoms with E-state index in [0.717, 1.165) is 11.2 Å². The smallest absolute Gasteiger partial charge is 0.257 e. The quantitative estimate of drug-likeness (QED) is 0.612. The first-order valence-corrected chi connectivity index (χ1v) is 6.75. The van der Waals surface area contributed by atoms with Gasteiger partial charge < -0.3 is 9.72 Å². The highest BCUT2D eigenvalue weighted by atomic mass is 16.1. The maximum absolute atomic E-state index is 12.4. The Bertz CT molecular complexity index is 1000. The molecule has 0 aliphatic heterocycles. The highest BCUT2D eigenvalue weighted by Gasteiger charge is 2.11. The van der Waals surface area contributed by atoms with Gasteiger partial charge in [0.05, 0.1) is 11.8 Å². The fourth-order valence-electron chi connectivity index (χ4n) is 2.31. The summed E-state index contributed by atoms with van der Waals surface area (Å²) >= 11 is 0. The second-order valence-corrected chi connectivity index (χ2v) is 5.02. The molecule has 4 heterocycles. The first-order valence-electron chi connectivity index (χ1n) is 6.75. The van der Waals surface area contributed by atoms with Crippen LogP contribution >= 0.6 is 0 Å². The van der Waals surface area contributed by atoms with Crippen LogP contribution in [0.15, 0.2) is 49.3 Å². The molecule has 0 bridgehead atoms. The molecule has 0 spiro atoms. The number of hydrogen-bond donors (Lipinski definition) is 1. The molecule has 0 radical (unpaired) electrons. The number of nitrogens with one attached hydrogen (secondary N) is 1. The predicted molar refractivity (Wildman–Crippen MR) is 80.9 cm³/mol. The zero-order valence-electron chi connectivity index (χ0n) is 11.8. The third-order valence-corrected chi connectivity index (χ3v) is 3.38. The van der Waals surface area contributed by atoms with Crippen LogP contribution in [-0.2, 0) is 0 Å². The standard InChI is InChI=1S/C15H12N6O/c1-10-6-17-14-12(7-18-21(14)8-10)19-15(22)11-2-3-13-16-4-5-20(13)9-11/h2-9H,1H3,(H,19,22). The number of hydrogen-bond acceptors (Lipinski definition) is 4. The topological polar surface area (TPSA) is 76.6 Å². The van der Waals surface area contributed by atoms with Crippen molar-refractivity contribution in [1.29, 1.82) is 0 Å². The van der Waals surface area contributed by atoms with Crippen LogP contribution in [0.4, 0.5) is 5.69 Å². The number of rotatable bonds is 2. The van der Waals surface area contributed by atoms with Gasteiger partial charge in [-0.3, -0.25) is 4.79 Å². The van der Waals surface area contributed by atoms with E-state index in [1.807, 2.05) is 13.1 Å². The molecule has 0 saturated carbocycles. The number of aryl methyl sites for hydroxylation is 1. The number of imidazole rings is 1. The number of anilines is 1. The highest BCUT2D eigenvalue weighted by molar-refractivity contribution is 6.05. The van der Waals surface area contributed by atoms with Crippen LogP contribution in [0.1, 0.15) is 15.9 Å². The molecule has 7 heteroatoms. The van der Waals surface area contributed by atoms with Crippen molar-refractivity contribution in [2.45, 2.75) is 6.92 Å². The summed E-state index contributed by atoms with van der Waals surface area (Å²) in [4.78, 5) is 20.8. The summed E-state index contributed by atoms with van der Waals surface area (Å²) in [5.41, 5.74) is 3.53. The van der Waals surface area contributed by atoms with E-state index < -0.39 is 0 Å². The number of aromatic nitrogens is 5. The molecule has 0 unspecified atom stereocenters. The van der Waals surface area contributed by atoms with Crippen LogP contribution in [0.3, 0.4) is 0 Å². The van der Waals surface area contributed by atoms with Crippen molar-refractivity contribution in [3.63, 3.8) is 0 Å². The monoisotopic (exact) mass is 292 g/mol. The van der Waals surface area contributed by atoms with Gasteiger partial charge in [-0.1, -0.05) is 0 Å². The first kappa shape index (κ1) is 12.5. The summed E-state index contributed by atoms with van der Waals surface area (Å²) < 4.78 is 3.44. The molecule has 0 aliphatic carbocycles. The number of pyridine rings is 1. The second kappa shape index (κ2) is 4.66. The van der Waals surface area contributed by atoms with Gasteiger partial charge in [0.25, 0.3) is 5.91 Å². The minimum Gasteiger partial charge on any atom is -0.317 e. The second-order valence-electron chi connectivity index (χ2n) is 5.02. The fraction of sp³-hybridized carbons (Fsp3) is 0.0667. The molecule has 0 atom stereocenters. The summed E-state index contributed by atoms with van der Waals surface area (Å²) in [6.45, 7) is 1.94. The lowest BCUT2D eigenvalue weighted by atomic mass is 10.2. The number of amides is 1. The van der Waals surface area contributed by atoms with Crippen LogP contribution < -0.4 is 5.32 Å². The molecule has 1 N–H and O–H groups in total. The molecule has 108 valence electrons. The van der Waals surface area contributed by atoms with Gasteiger partial charge in [0.15, 0.2) is 5.65 Å². The Morgan fingerprint density at radius 1 is 1.18 bits per heavy atom. The summed E-state index contributed by atoms with van der Waals surface area (Å²) in [5.74, 6) is -0.215. The lowest BCUT2D eigenvalue weighted by Gasteiger charge is -2.04. The maximum atomic E-state index is 12.4. The Morgan fingerprint density at radius 3 is 3.00 bits per heavy atom. The normalized spacial score (nSPS) is 11.1. The Balaban J connectivity index is 1.67. The molecule has 22 heavy (non-hydrogen) atoms. The van der Waals surface area contributed by atoms with Gasteiger partial charge in [0.1, 0.15) is 11.3 Å². The molecule has 0 saturated heterocycles. The van der Waals surface area contributed by atoms with Gasteiger partial charge in [-0.15, -0.1) is 0 Å². The Morgan fingerprint density at radius 2 is 2.09 bits per heavy atom. The van der Waals surface area contributed by atoms with Crippen molar-refractivity contribution in [2.24, 2.45) is 0 Å². The van der Waals surface area contributed by atoms with Gasteiger partial charge in [-0.25, -0.2) is 14.5 Å². The average molecular weight is 292 g/mol. The van der Waals surface area contributed by atoms with E-state index in [-0.39, 0.29) is 5.91 Å². The molecule has 7 nitrogen and oxygen atoms in total. The van der Waals surface area contributed by atoms with E-state index >= 15 is 0 Å². The number of carbonyl (C=O) groups is 1. The Hall–Kier alpha value is -3.22.